The minimum atomic E-state index is -4.29. The molecule has 7 heteroatoms. The van der Waals surface area contributed by atoms with Crippen molar-refractivity contribution in [3.8, 4) is 0 Å². The molecule has 18 heavy (non-hydrogen) atoms. The minimum absolute atomic E-state index is 0.0287. The van der Waals surface area contributed by atoms with Crippen LogP contribution in [0.1, 0.15) is 25.1 Å². The van der Waals surface area contributed by atoms with Gasteiger partial charge in [-0.2, -0.15) is 18.3 Å². The highest BCUT2D eigenvalue weighted by atomic mass is 19.4. The van der Waals surface area contributed by atoms with E-state index in [0.29, 0.717) is 6.54 Å². The third-order valence-electron chi connectivity index (χ3n) is 2.41. The normalized spacial score (nSPS) is 13.8. The van der Waals surface area contributed by atoms with E-state index in [2.05, 4.69) is 10.4 Å². The lowest BCUT2D eigenvalue weighted by Crippen LogP contribution is -2.30. The van der Waals surface area contributed by atoms with Gasteiger partial charge >= 0.3 is 6.18 Å². The van der Waals surface area contributed by atoms with E-state index in [4.69, 9.17) is 4.74 Å². The van der Waals surface area contributed by atoms with Gasteiger partial charge in [0.15, 0.2) is 0 Å². The Labute approximate surface area is 104 Å². The standard InChI is InChI=1S/C11H18F3N3O/c1-3-5-15-9(7-18-8-11(12,13)14)10-4-6-16-17(10)2/h4,6,9,15H,3,5,7-8H2,1-2H3. The highest BCUT2D eigenvalue weighted by molar-refractivity contribution is 5.06. The molecule has 0 fully saturated rings. The Morgan fingerprint density at radius 1 is 1.50 bits per heavy atom. The van der Waals surface area contributed by atoms with Gasteiger partial charge in [-0.25, -0.2) is 0 Å². The van der Waals surface area contributed by atoms with Gasteiger partial charge in [-0.15, -0.1) is 0 Å². The molecule has 0 saturated heterocycles. The van der Waals surface area contributed by atoms with E-state index in [0.717, 1.165) is 12.1 Å². The fourth-order valence-corrected chi connectivity index (χ4v) is 1.59. The van der Waals surface area contributed by atoms with Gasteiger partial charge in [0, 0.05) is 13.2 Å². The molecule has 0 amide bonds. The maximum absolute atomic E-state index is 12.0. The maximum Gasteiger partial charge on any atom is 0.411 e. The molecule has 1 aromatic rings. The summed E-state index contributed by atoms with van der Waals surface area (Å²) in [7, 11) is 1.75. The Bertz CT molecular complexity index is 352. The van der Waals surface area contributed by atoms with Crippen molar-refractivity contribution in [3.05, 3.63) is 18.0 Å². The third-order valence-corrected chi connectivity index (χ3v) is 2.41. The van der Waals surface area contributed by atoms with E-state index in [1.165, 1.54) is 0 Å². The molecule has 0 spiro atoms. The molecule has 1 rings (SSSR count). The van der Waals surface area contributed by atoms with E-state index in [1.807, 2.05) is 6.92 Å². The number of aryl methyl sites for hydroxylation is 1. The molecule has 0 saturated carbocycles. The first kappa shape index (κ1) is 15.0. The van der Waals surface area contributed by atoms with Crippen LogP contribution in [0.3, 0.4) is 0 Å². The number of hydrogen-bond donors (Lipinski definition) is 1. The van der Waals surface area contributed by atoms with E-state index in [9.17, 15) is 13.2 Å². The SMILES string of the molecule is CCCNC(COCC(F)(F)F)c1ccnn1C. The lowest BCUT2D eigenvalue weighted by atomic mass is 10.2. The predicted octanol–water partition coefficient (Wildman–Crippen LogP) is 2.04. The van der Waals surface area contributed by atoms with Crippen LogP contribution in [-0.4, -0.2) is 35.7 Å². The highest BCUT2D eigenvalue weighted by Crippen LogP contribution is 2.17. The zero-order chi connectivity index (χ0) is 13.6. The molecule has 1 unspecified atom stereocenters. The van der Waals surface area contributed by atoms with E-state index < -0.39 is 12.8 Å². The van der Waals surface area contributed by atoms with E-state index in [1.54, 1.807) is 24.0 Å². The molecular weight excluding hydrogens is 247 g/mol. The van der Waals surface area contributed by atoms with Gasteiger partial charge < -0.3 is 10.1 Å². The largest absolute Gasteiger partial charge is 0.411 e. The van der Waals surface area contributed by atoms with Crippen LogP contribution in [-0.2, 0) is 11.8 Å². The van der Waals surface area contributed by atoms with Crippen molar-refractivity contribution < 1.29 is 17.9 Å². The van der Waals surface area contributed by atoms with Crippen molar-refractivity contribution in [3.63, 3.8) is 0 Å². The van der Waals surface area contributed by atoms with Gasteiger partial charge in [-0.3, -0.25) is 4.68 Å². The summed E-state index contributed by atoms with van der Waals surface area (Å²) in [6.45, 7) is 1.45. The molecule has 1 N–H and O–H groups in total. The van der Waals surface area contributed by atoms with Crippen molar-refractivity contribution in [1.29, 1.82) is 0 Å². The molecule has 0 bridgehead atoms. The second kappa shape index (κ2) is 6.75. The second-order valence-corrected chi connectivity index (χ2v) is 4.02. The van der Waals surface area contributed by atoms with Crippen LogP contribution < -0.4 is 5.32 Å². The summed E-state index contributed by atoms with van der Waals surface area (Å²) < 4.78 is 42.4. The van der Waals surface area contributed by atoms with Crippen LogP contribution in [0.15, 0.2) is 12.3 Å². The van der Waals surface area contributed by atoms with Crippen LogP contribution in [0.4, 0.5) is 13.2 Å². The van der Waals surface area contributed by atoms with Crippen LogP contribution >= 0.6 is 0 Å². The van der Waals surface area contributed by atoms with Crippen LogP contribution in [0.2, 0.25) is 0 Å². The van der Waals surface area contributed by atoms with Crippen LogP contribution in [0.5, 0.6) is 0 Å². The molecule has 0 aliphatic carbocycles. The summed E-state index contributed by atoms with van der Waals surface area (Å²) in [5.41, 5.74) is 0.811. The summed E-state index contributed by atoms with van der Waals surface area (Å²) in [5, 5.41) is 7.15. The summed E-state index contributed by atoms with van der Waals surface area (Å²) in [5.74, 6) is 0. The smallest absolute Gasteiger partial charge is 0.370 e. The second-order valence-electron chi connectivity index (χ2n) is 4.02. The molecule has 104 valence electrons. The summed E-state index contributed by atoms with van der Waals surface area (Å²) in [6, 6.07) is 1.49. The van der Waals surface area contributed by atoms with Gasteiger partial charge in [0.25, 0.3) is 0 Å². The van der Waals surface area contributed by atoms with Crippen molar-refractivity contribution in [2.24, 2.45) is 7.05 Å². The Hall–Kier alpha value is -1.08. The van der Waals surface area contributed by atoms with E-state index in [-0.39, 0.29) is 12.6 Å². The number of nitrogens with zero attached hydrogens (tertiary/aromatic N) is 2. The Morgan fingerprint density at radius 2 is 2.22 bits per heavy atom. The fourth-order valence-electron chi connectivity index (χ4n) is 1.59. The number of halogens is 3. The lowest BCUT2D eigenvalue weighted by Gasteiger charge is -2.19. The molecule has 4 nitrogen and oxygen atoms in total. The average Bonchev–Trinajstić information content (AvgIpc) is 2.68. The summed E-state index contributed by atoms with van der Waals surface area (Å²) >= 11 is 0. The quantitative estimate of drug-likeness (QED) is 0.820. The zero-order valence-electron chi connectivity index (χ0n) is 10.5. The van der Waals surface area contributed by atoms with Gasteiger partial charge in [-0.05, 0) is 19.0 Å². The fraction of sp³-hybridized carbons (Fsp3) is 0.727. The highest BCUT2D eigenvalue weighted by Gasteiger charge is 2.28. The number of ether oxygens (including phenoxy) is 1. The summed E-state index contributed by atoms with van der Waals surface area (Å²) in [4.78, 5) is 0. The number of hydrogen-bond acceptors (Lipinski definition) is 3. The minimum Gasteiger partial charge on any atom is -0.370 e. The maximum atomic E-state index is 12.0. The molecule has 1 heterocycles. The Morgan fingerprint density at radius 3 is 2.72 bits per heavy atom. The van der Waals surface area contributed by atoms with Gasteiger partial charge in [-0.1, -0.05) is 6.92 Å². The lowest BCUT2D eigenvalue weighted by molar-refractivity contribution is -0.175. The monoisotopic (exact) mass is 265 g/mol. The topological polar surface area (TPSA) is 39.1 Å². The zero-order valence-corrected chi connectivity index (χ0v) is 10.5. The van der Waals surface area contributed by atoms with E-state index >= 15 is 0 Å². The van der Waals surface area contributed by atoms with Gasteiger partial charge in [0.1, 0.15) is 6.61 Å². The van der Waals surface area contributed by atoms with Crippen LogP contribution in [0, 0.1) is 0 Å². The predicted molar refractivity (Wildman–Crippen MR) is 61.1 cm³/mol. The van der Waals surface area contributed by atoms with Crippen molar-refractivity contribution in [1.82, 2.24) is 15.1 Å². The number of nitrogens with one attached hydrogen (secondary N) is 1. The van der Waals surface area contributed by atoms with Crippen molar-refractivity contribution in [2.45, 2.75) is 25.6 Å². The molecular formula is C11H18F3N3O. The summed E-state index contributed by atoms with van der Waals surface area (Å²) in [6.07, 6.45) is -1.78. The Balaban J connectivity index is 2.54. The average molecular weight is 265 g/mol. The van der Waals surface area contributed by atoms with Crippen molar-refractivity contribution >= 4 is 0 Å². The Kier molecular flexibility index (Phi) is 5.61. The number of aromatic nitrogens is 2. The molecule has 0 aliphatic rings. The molecule has 0 aliphatic heterocycles. The third kappa shape index (κ3) is 5.05. The first-order chi connectivity index (χ1) is 8.44. The van der Waals surface area contributed by atoms with Gasteiger partial charge in [0.2, 0.25) is 0 Å². The molecule has 1 aromatic heterocycles. The first-order valence-corrected chi connectivity index (χ1v) is 5.80. The number of rotatable bonds is 7. The van der Waals surface area contributed by atoms with Crippen molar-refractivity contribution in [2.75, 3.05) is 19.8 Å². The molecule has 0 radical (unpaired) electrons. The molecule has 0 aromatic carbocycles. The number of alkyl halides is 3. The molecule has 1 atom stereocenters. The first-order valence-electron chi connectivity index (χ1n) is 5.80. The van der Waals surface area contributed by atoms with Gasteiger partial charge in [0.05, 0.1) is 18.3 Å². The van der Waals surface area contributed by atoms with Crippen LogP contribution in [0.25, 0.3) is 0 Å².